The highest BCUT2D eigenvalue weighted by Gasteiger charge is 2.27. The van der Waals surface area contributed by atoms with Gasteiger partial charge >= 0.3 is 17.9 Å². The Balaban J connectivity index is 0.000000241. The van der Waals surface area contributed by atoms with E-state index < -0.39 is 29.1 Å². The number of halogens is 2. The predicted octanol–water partition coefficient (Wildman–Crippen LogP) is 17.0. The van der Waals surface area contributed by atoms with Crippen LogP contribution in [0.1, 0.15) is 170 Å². The monoisotopic (exact) mass is 1180 g/mol. The van der Waals surface area contributed by atoms with Gasteiger partial charge in [-0.3, -0.25) is 4.79 Å². The van der Waals surface area contributed by atoms with Gasteiger partial charge in [0.05, 0.1) is 22.7 Å². The fraction of sp³-hybridized carbons (Fsp3) is 0.297. The van der Waals surface area contributed by atoms with Crippen molar-refractivity contribution in [2.75, 3.05) is 22.9 Å². The van der Waals surface area contributed by atoms with Crippen LogP contribution in [-0.2, 0) is 35.4 Å². The highest BCUT2D eigenvalue weighted by molar-refractivity contribution is 5.99. The first kappa shape index (κ1) is 67.2. The zero-order chi connectivity index (χ0) is 61.0. The van der Waals surface area contributed by atoms with Gasteiger partial charge in [0, 0.05) is 71.4 Å². The van der Waals surface area contributed by atoms with E-state index >= 15 is 8.78 Å². The Morgan fingerprint density at radius 2 is 0.920 bits per heavy atom. The van der Waals surface area contributed by atoms with E-state index in [4.69, 9.17) is 15.2 Å². The second kappa shape index (κ2) is 29.9. The van der Waals surface area contributed by atoms with Crippen molar-refractivity contribution in [1.29, 1.82) is 0 Å². The summed E-state index contributed by atoms with van der Waals surface area (Å²) in [6, 6.07) is 55.2. The van der Waals surface area contributed by atoms with E-state index in [0.717, 1.165) is 66.8 Å². The summed E-state index contributed by atoms with van der Waals surface area (Å²) in [5, 5.41) is 12.4. The number of ether oxygens (including phenoxy) is 2. The van der Waals surface area contributed by atoms with E-state index in [2.05, 4.69) is 15.1 Å². The molecular weight excluding hydrogens is 1090 g/mol. The summed E-state index contributed by atoms with van der Waals surface area (Å²) in [4.78, 5) is 54.3. The average Bonchev–Trinajstić information content (AvgIpc) is 1.46. The minimum absolute atomic E-state index is 0. The van der Waals surface area contributed by atoms with Crippen molar-refractivity contribution < 1.29 is 42.5 Å². The van der Waals surface area contributed by atoms with Gasteiger partial charge in [-0.25, -0.2) is 23.2 Å². The number of nitrogens with one attached hydrogen (secondary N) is 1. The number of nitrogens with zero attached hydrogens (tertiary/aromatic N) is 2. The molecular formula is C74H84F2N4O7. The minimum Gasteiger partial charge on any atom is -0.478 e. The van der Waals surface area contributed by atoms with Crippen LogP contribution in [-0.4, -0.2) is 53.2 Å². The number of aromatic carboxylic acids is 1. The van der Waals surface area contributed by atoms with Gasteiger partial charge in [-0.05, 0) is 163 Å². The van der Waals surface area contributed by atoms with Crippen molar-refractivity contribution >= 4 is 35.2 Å². The number of carbonyl (C=O) groups excluding carboxylic acids is 3. The van der Waals surface area contributed by atoms with Gasteiger partial charge in [-0.2, -0.15) is 0 Å². The first-order valence-corrected chi connectivity index (χ1v) is 28.9. The Bertz CT molecular complexity index is 3650. The highest BCUT2D eigenvalue weighted by atomic mass is 19.1. The zero-order valence-electron chi connectivity index (χ0n) is 49.8. The van der Waals surface area contributed by atoms with Crippen LogP contribution >= 0.6 is 0 Å². The number of amides is 1. The molecule has 0 aliphatic carbocycles. The smallest absolute Gasteiger partial charge is 0.339 e. The number of esters is 2. The van der Waals surface area contributed by atoms with Crippen molar-refractivity contribution in [3.8, 4) is 22.3 Å². The van der Waals surface area contributed by atoms with Crippen molar-refractivity contribution in [3.05, 3.63) is 249 Å². The van der Waals surface area contributed by atoms with Crippen LogP contribution in [0.3, 0.4) is 0 Å². The van der Waals surface area contributed by atoms with Gasteiger partial charge < -0.3 is 35.4 Å². The molecule has 0 unspecified atom stereocenters. The third-order valence-corrected chi connectivity index (χ3v) is 14.6. The van der Waals surface area contributed by atoms with Crippen LogP contribution in [0.5, 0.6) is 0 Å². The molecule has 0 fully saturated rings. The summed E-state index contributed by atoms with van der Waals surface area (Å²) in [7, 11) is 0. The van der Waals surface area contributed by atoms with E-state index in [1.165, 1.54) is 5.56 Å². The Labute approximate surface area is 513 Å². The lowest BCUT2D eigenvalue weighted by Gasteiger charge is -2.32. The van der Waals surface area contributed by atoms with Gasteiger partial charge in [-0.1, -0.05) is 148 Å². The van der Waals surface area contributed by atoms with E-state index in [1.54, 1.807) is 118 Å². The molecule has 2 atom stereocenters. The largest absolute Gasteiger partial charge is 0.478 e. The number of aryl methyl sites for hydroxylation is 2. The number of fused-ring (bicyclic) bond motifs is 2. The Hall–Kier alpha value is -8.94. The third-order valence-electron chi connectivity index (χ3n) is 14.6. The molecule has 0 saturated heterocycles. The number of nitrogens with two attached hydrogens (primary N) is 1. The molecule has 1 amide bonds. The molecule has 0 bridgehead atoms. The van der Waals surface area contributed by atoms with Crippen LogP contribution in [0.4, 0.5) is 20.2 Å². The lowest BCUT2D eigenvalue weighted by Crippen LogP contribution is -2.30. The molecule has 2 aliphatic heterocycles. The summed E-state index contributed by atoms with van der Waals surface area (Å²) in [6.07, 6.45) is 3.41. The normalized spacial score (nSPS) is 13.2. The standard InChI is InChI=1S/C36H37FN2O3.C28H28FNO4.C8H11N.2CH4/c1-24(25-12-6-5-7-13-25)38-34(40)27-19-20-32-26(22-27)15-11-21-39(32)23-28-14-10-18-30(33(28)37)29-16-8-9-17-31(29)35(41)42-36(2,3)4;1-28(2,3)34-27(33)23-11-5-4-10-21(23)22-12-6-8-20(25(22)29)17-30-15-7-9-18-16-19(26(31)32)13-14-24(18)30;1-7(9)8-5-3-2-4-6-8;;/h5-10,12-14,16-20,22,24H,11,15,21,23H2,1-4H3,(H,38,40);4-6,8,10-14,16H,7,9,15,17H2,1-3H3,(H,31,32);2-7H,9H2,1H3;2*1H4/t24-;;7-;;/m0.0../s1. The fourth-order valence-electron chi connectivity index (χ4n) is 10.5. The number of carboxylic acids is 1. The Morgan fingerprint density at radius 1 is 0.529 bits per heavy atom. The molecule has 10 rings (SSSR count). The lowest BCUT2D eigenvalue weighted by molar-refractivity contribution is 0.00578. The molecule has 2 aliphatic rings. The maximum absolute atomic E-state index is 16.1. The van der Waals surface area contributed by atoms with Crippen molar-refractivity contribution in [2.24, 2.45) is 5.73 Å². The fourth-order valence-corrected chi connectivity index (χ4v) is 10.5. The van der Waals surface area contributed by atoms with Crippen molar-refractivity contribution in [2.45, 2.75) is 132 Å². The van der Waals surface area contributed by atoms with Gasteiger partial charge in [0.1, 0.15) is 22.8 Å². The molecule has 8 aromatic rings. The SMILES string of the molecule is C.C.CC(C)(C)OC(=O)c1ccccc1-c1cccc(CN2CCCc3cc(C(=O)O)ccc32)c1F.C[C@H](N)c1ccccc1.C[C@H](NC(=O)c1ccc2c(c1)CCCN2Cc1cccc(-c2ccccc2C(=O)OC(C)(C)C)c1F)c1ccccc1. The molecule has 13 heteroatoms. The topological polar surface area (TPSA) is 152 Å². The highest BCUT2D eigenvalue weighted by Crippen LogP contribution is 2.36. The number of anilines is 2. The van der Waals surface area contributed by atoms with Crippen LogP contribution < -0.4 is 20.9 Å². The Kier molecular flexibility index (Phi) is 23.1. The number of benzene rings is 8. The van der Waals surface area contributed by atoms with E-state index in [1.807, 2.05) is 120 Å². The Morgan fingerprint density at radius 3 is 1.33 bits per heavy atom. The molecule has 0 saturated carbocycles. The van der Waals surface area contributed by atoms with Crippen LogP contribution in [0, 0.1) is 11.6 Å². The molecule has 2 heterocycles. The molecule has 456 valence electrons. The average molecular weight is 1180 g/mol. The van der Waals surface area contributed by atoms with E-state index in [9.17, 15) is 24.3 Å². The van der Waals surface area contributed by atoms with E-state index in [-0.39, 0.29) is 50.0 Å². The summed E-state index contributed by atoms with van der Waals surface area (Å²) in [6.45, 7) is 17.0. The summed E-state index contributed by atoms with van der Waals surface area (Å²) in [5.41, 5.74) is 14.8. The number of carbonyl (C=O) groups is 4. The number of carboxylic acid groups (broad SMARTS) is 1. The van der Waals surface area contributed by atoms with Crippen LogP contribution in [0.15, 0.2) is 182 Å². The minimum atomic E-state index is -0.956. The molecule has 8 aromatic carbocycles. The molecule has 0 spiro atoms. The number of hydrogen-bond acceptors (Lipinski definition) is 9. The molecule has 0 aromatic heterocycles. The first-order valence-electron chi connectivity index (χ1n) is 28.9. The zero-order valence-corrected chi connectivity index (χ0v) is 49.8. The molecule has 87 heavy (non-hydrogen) atoms. The second-order valence-corrected chi connectivity index (χ2v) is 23.5. The van der Waals surface area contributed by atoms with Crippen LogP contribution in [0.25, 0.3) is 22.3 Å². The second-order valence-electron chi connectivity index (χ2n) is 23.5. The summed E-state index contributed by atoms with van der Waals surface area (Å²) in [5.74, 6) is -2.78. The molecule has 0 radical (unpaired) electrons. The van der Waals surface area contributed by atoms with Crippen LogP contribution in [0.2, 0.25) is 0 Å². The van der Waals surface area contributed by atoms with Gasteiger partial charge in [-0.15, -0.1) is 0 Å². The molecule has 11 nitrogen and oxygen atoms in total. The van der Waals surface area contributed by atoms with Crippen molar-refractivity contribution in [3.63, 3.8) is 0 Å². The van der Waals surface area contributed by atoms with Gasteiger partial charge in [0.2, 0.25) is 0 Å². The van der Waals surface area contributed by atoms with Gasteiger partial charge in [0.25, 0.3) is 5.91 Å². The number of rotatable bonds is 13. The van der Waals surface area contributed by atoms with Gasteiger partial charge in [0.15, 0.2) is 0 Å². The first-order chi connectivity index (χ1) is 40.5. The maximum atomic E-state index is 16.1. The summed E-state index contributed by atoms with van der Waals surface area (Å²) < 4.78 is 43.0. The molecule has 4 N–H and O–H groups in total. The van der Waals surface area contributed by atoms with Crippen molar-refractivity contribution in [1.82, 2.24) is 5.32 Å². The quantitative estimate of drug-likeness (QED) is 0.0952. The predicted molar refractivity (Wildman–Crippen MR) is 347 cm³/mol. The third kappa shape index (κ3) is 17.6. The lowest BCUT2D eigenvalue weighted by atomic mass is 9.95. The van der Waals surface area contributed by atoms with E-state index in [0.29, 0.717) is 63.2 Å². The maximum Gasteiger partial charge on any atom is 0.339 e. The summed E-state index contributed by atoms with van der Waals surface area (Å²) >= 11 is 0. The number of hydrogen-bond donors (Lipinski definition) is 3.